The van der Waals surface area contributed by atoms with Crippen molar-refractivity contribution in [3.63, 3.8) is 0 Å². The van der Waals surface area contributed by atoms with Crippen molar-refractivity contribution < 1.29 is 18.7 Å². The lowest BCUT2D eigenvalue weighted by molar-refractivity contribution is 0.0971. The van der Waals surface area contributed by atoms with E-state index < -0.39 is 6.04 Å². The first-order chi connectivity index (χ1) is 15.5. The third-order valence-electron chi connectivity index (χ3n) is 5.59. The van der Waals surface area contributed by atoms with Gasteiger partial charge in [0.1, 0.15) is 5.58 Å². The van der Waals surface area contributed by atoms with Crippen molar-refractivity contribution >= 4 is 38.5 Å². The van der Waals surface area contributed by atoms with Crippen LogP contribution in [0.2, 0.25) is 0 Å². The Kier molecular flexibility index (Phi) is 4.98. The van der Waals surface area contributed by atoms with Gasteiger partial charge in [-0.25, -0.2) is 0 Å². The van der Waals surface area contributed by atoms with E-state index in [0.717, 1.165) is 4.47 Å². The Labute approximate surface area is 192 Å². The molecule has 1 aliphatic rings. The lowest BCUT2D eigenvalue weighted by Crippen LogP contribution is -2.29. The number of hydrogen-bond acceptors (Lipinski definition) is 5. The number of carbonyl (C=O) groups excluding carboxylic acids is 1. The minimum atomic E-state index is -0.681. The van der Waals surface area contributed by atoms with Crippen molar-refractivity contribution in [3.05, 3.63) is 98.3 Å². The Balaban J connectivity index is 1.82. The molecule has 7 heteroatoms. The minimum Gasteiger partial charge on any atom is -0.493 e. The van der Waals surface area contributed by atoms with Gasteiger partial charge in [-0.3, -0.25) is 14.5 Å². The van der Waals surface area contributed by atoms with Crippen LogP contribution in [-0.2, 0) is 0 Å². The number of fused-ring (bicyclic) bond motifs is 2. The zero-order valence-corrected chi connectivity index (χ0v) is 18.9. The van der Waals surface area contributed by atoms with Gasteiger partial charge >= 0.3 is 0 Å². The number of para-hydroxylation sites is 1. The monoisotopic (exact) mass is 491 g/mol. The van der Waals surface area contributed by atoms with E-state index in [-0.39, 0.29) is 17.1 Å². The summed E-state index contributed by atoms with van der Waals surface area (Å²) in [5, 5.41) is 0.409. The molecule has 1 aromatic heterocycles. The van der Waals surface area contributed by atoms with Crippen LogP contribution in [0.5, 0.6) is 11.5 Å². The molecule has 0 radical (unpaired) electrons. The van der Waals surface area contributed by atoms with Crippen LogP contribution in [0.1, 0.15) is 27.7 Å². The van der Waals surface area contributed by atoms with Gasteiger partial charge in [-0.15, -0.1) is 0 Å². The van der Waals surface area contributed by atoms with Crippen LogP contribution in [-0.4, -0.2) is 20.1 Å². The van der Waals surface area contributed by atoms with Crippen LogP contribution in [0.15, 0.2) is 80.4 Å². The lowest BCUT2D eigenvalue weighted by Gasteiger charge is -2.25. The Hall–Kier alpha value is -3.58. The molecule has 0 aliphatic carbocycles. The van der Waals surface area contributed by atoms with Crippen LogP contribution in [0.3, 0.4) is 0 Å². The van der Waals surface area contributed by atoms with Gasteiger partial charge in [0.15, 0.2) is 16.9 Å². The van der Waals surface area contributed by atoms with E-state index in [1.165, 1.54) is 0 Å². The second-order valence-electron chi connectivity index (χ2n) is 7.34. The molecule has 1 atom stereocenters. The first-order valence-corrected chi connectivity index (χ1v) is 10.7. The average Bonchev–Trinajstić information content (AvgIpc) is 3.12. The summed E-state index contributed by atoms with van der Waals surface area (Å²) in [5.41, 5.74) is 1.80. The Morgan fingerprint density at radius 2 is 1.66 bits per heavy atom. The molecule has 1 amide bonds. The second kappa shape index (κ2) is 7.84. The van der Waals surface area contributed by atoms with Crippen molar-refractivity contribution in [2.45, 2.75) is 6.04 Å². The molecule has 3 aromatic carbocycles. The van der Waals surface area contributed by atoms with Crippen LogP contribution < -0.4 is 19.8 Å². The number of benzene rings is 3. The summed E-state index contributed by atoms with van der Waals surface area (Å²) in [6.07, 6.45) is 0. The number of methoxy groups -OCH3 is 2. The molecule has 6 nitrogen and oxygen atoms in total. The Morgan fingerprint density at radius 3 is 2.38 bits per heavy atom. The zero-order chi connectivity index (χ0) is 22.4. The number of carbonyl (C=O) groups is 1. The van der Waals surface area contributed by atoms with Crippen LogP contribution in [0, 0.1) is 0 Å². The van der Waals surface area contributed by atoms with Crippen LogP contribution >= 0.6 is 15.9 Å². The van der Waals surface area contributed by atoms with E-state index >= 15 is 0 Å². The third-order valence-corrected chi connectivity index (χ3v) is 6.08. The molecule has 0 N–H and O–H groups in total. The van der Waals surface area contributed by atoms with Crippen molar-refractivity contribution in [3.8, 4) is 11.5 Å². The fourth-order valence-corrected chi connectivity index (χ4v) is 4.50. The molecular formula is C25H18BrNO5. The average molecular weight is 492 g/mol. The molecule has 0 saturated carbocycles. The van der Waals surface area contributed by atoms with E-state index in [9.17, 15) is 9.59 Å². The van der Waals surface area contributed by atoms with E-state index in [0.29, 0.717) is 39.3 Å². The highest BCUT2D eigenvalue weighted by Crippen LogP contribution is 2.43. The highest BCUT2D eigenvalue weighted by Gasteiger charge is 2.43. The molecule has 4 aromatic rings. The first-order valence-electron chi connectivity index (χ1n) is 9.90. The van der Waals surface area contributed by atoms with Gasteiger partial charge in [-0.2, -0.15) is 0 Å². The third kappa shape index (κ3) is 3.08. The second-order valence-corrected chi connectivity index (χ2v) is 8.26. The molecule has 160 valence electrons. The number of anilines is 1. The highest BCUT2D eigenvalue weighted by molar-refractivity contribution is 9.10. The summed E-state index contributed by atoms with van der Waals surface area (Å²) in [5.74, 6) is 0.745. The summed E-state index contributed by atoms with van der Waals surface area (Å²) >= 11 is 3.41. The summed E-state index contributed by atoms with van der Waals surface area (Å²) in [6, 6.07) is 19.1. The molecular weight excluding hydrogens is 474 g/mol. The maximum absolute atomic E-state index is 13.6. The SMILES string of the molecule is COc1ccc(C2c3c(oc4ccc(Br)cc4c3=O)C(=O)N2c2ccccc2)cc1OC. The molecule has 2 heterocycles. The summed E-state index contributed by atoms with van der Waals surface area (Å²) in [6.45, 7) is 0. The first kappa shape index (κ1) is 20.3. The van der Waals surface area contributed by atoms with Gasteiger partial charge in [0.2, 0.25) is 5.76 Å². The molecule has 0 bridgehead atoms. The van der Waals surface area contributed by atoms with Crippen molar-refractivity contribution in [2.75, 3.05) is 19.1 Å². The number of rotatable bonds is 4. The smallest absolute Gasteiger partial charge is 0.295 e. The molecule has 0 spiro atoms. The fourth-order valence-electron chi connectivity index (χ4n) is 4.14. The Bertz CT molecular complexity index is 1410. The predicted molar refractivity (Wildman–Crippen MR) is 125 cm³/mol. The van der Waals surface area contributed by atoms with E-state index in [1.54, 1.807) is 49.5 Å². The van der Waals surface area contributed by atoms with Gasteiger partial charge in [-0.05, 0) is 48.0 Å². The largest absolute Gasteiger partial charge is 0.493 e. The van der Waals surface area contributed by atoms with E-state index in [1.807, 2.05) is 36.4 Å². The van der Waals surface area contributed by atoms with E-state index in [4.69, 9.17) is 13.9 Å². The molecule has 0 fully saturated rings. The van der Waals surface area contributed by atoms with Gasteiger partial charge in [0.05, 0.1) is 31.2 Å². The minimum absolute atomic E-state index is 0.0495. The maximum atomic E-state index is 13.6. The normalized spacial score (nSPS) is 15.2. The number of amides is 1. The Morgan fingerprint density at radius 1 is 0.906 bits per heavy atom. The molecule has 32 heavy (non-hydrogen) atoms. The lowest BCUT2D eigenvalue weighted by atomic mass is 9.97. The summed E-state index contributed by atoms with van der Waals surface area (Å²) in [4.78, 5) is 28.8. The predicted octanol–water partition coefficient (Wildman–Crippen LogP) is 5.32. The number of ether oxygens (including phenoxy) is 2. The van der Waals surface area contributed by atoms with E-state index in [2.05, 4.69) is 15.9 Å². The summed E-state index contributed by atoms with van der Waals surface area (Å²) < 4.78 is 17.6. The van der Waals surface area contributed by atoms with Gasteiger partial charge in [-0.1, -0.05) is 40.2 Å². The van der Waals surface area contributed by atoms with Gasteiger partial charge in [0.25, 0.3) is 5.91 Å². The fraction of sp³-hybridized carbons (Fsp3) is 0.120. The van der Waals surface area contributed by atoms with Crippen LogP contribution in [0.25, 0.3) is 11.0 Å². The van der Waals surface area contributed by atoms with Crippen molar-refractivity contribution in [1.82, 2.24) is 0 Å². The maximum Gasteiger partial charge on any atom is 0.295 e. The zero-order valence-electron chi connectivity index (χ0n) is 17.3. The standard InChI is InChI=1S/C25H18BrNO5/c1-30-19-10-8-14(12-20(19)31-2)22-21-23(28)17-13-15(26)9-11-18(17)32-24(21)25(29)27(22)16-6-4-3-5-7-16/h3-13,22H,1-2H3. The van der Waals surface area contributed by atoms with Gasteiger partial charge in [0, 0.05) is 10.2 Å². The van der Waals surface area contributed by atoms with Gasteiger partial charge < -0.3 is 13.9 Å². The number of halogens is 1. The number of nitrogens with zero attached hydrogens (tertiary/aromatic N) is 1. The number of hydrogen-bond donors (Lipinski definition) is 0. The molecule has 0 saturated heterocycles. The highest BCUT2D eigenvalue weighted by atomic mass is 79.9. The molecule has 1 aliphatic heterocycles. The van der Waals surface area contributed by atoms with Crippen molar-refractivity contribution in [2.24, 2.45) is 0 Å². The van der Waals surface area contributed by atoms with Crippen LogP contribution in [0.4, 0.5) is 5.69 Å². The topological polar surface area (TPSA) is 69.0 Å². The van der Waals surface area contributed by atoms with Crippen molar-refractivity contribution in [1.29, 1.82) is 0 Å². The summed E-state index contributed by atoms with van der Waals surface area (Å²) in [7, 11) is 3.10. The molecule has 1 unspecified atom stereocenters. The quantitative estimate of drug-likeness (QED) is 0.386. The molecule has 5 rings (SSSR count).